The predicted molar refractivity (Wildman–Crippen MR) is 41.5 cm³/mol. The summed E-state index contributed by atoms with van der Waals surface area (Å²) in [6, 6.07) is 0. The van der Waals surface area contributed by atoms with Gasteiger partial charge in [-0.25, -0.2) is 0 Å². The number of rotatable bonds is 2. The molecule has 0 atom stereocenters. The van der Waals surface area contributed by atoms with Gasteiger partial charge in [-0.15, -0.1) is 0 Å². The van der Waals surface area contributed by atoms with Crippen LogP contribution >= 0.6 is 0 Å². The Balaban J connectivity index is 0. The fourth-order valence-corrected chi connectivity index (χ4v) is 0. The summed E-state index contributed by atoms with van der Waals surface area (Å²) in [7, 11) is -3.66. The normalized spacial score (nSPS) is 9.27. The van der Waals surface area contributed by atoms with E-state index in [1.54, 1.807) is 0 Å². The van der Waals surface area contributed by atoms with Crippen LogP contribution < -0.4 is 5.73 Å². The number of hydrogen-bond donors (Lipinski definition) is 2. The molecule has 0 aliphatic rings. The molecule has 0 aliphatic heterocycles. The van der Waals surface area contributed by atoms with E-state index in [1.807, 2.05) is 0 Å². The van der Waals surface area contributed by atoms with E-state index in [1.165, 1.54) is 6.92 Å². The van der Waals surface area contributed by atoms with Gasteiger partial charge in [0, 0.05) is 0 Å². The maximum Gasteiger partial charge on any atom is 0.264 e. The van der Waals surface area contributed by atoms with Crippen LogP contribution in [0.15, 0.2) is 12.7 Å². The van der Waals surface area contributed by atoms with Crippen molar-refractivity contribution in [3.63, 3.8) is 0 Å². The van der Waals surface area contributed by atoms with Crippen LogP contribution in [0.4, 0.5) is 0 Å². The SMILES string of the molecule is C=CC(N)=O.CCS(=O)(=O)O. The van der Waals surface area contributed by atoms with E-state index in [0.29, 0.717) is 0 Å². The molecule has 0 heterocycles. The molecule has 0 aromatic rings. The summed E-state index contributed by atoms with van der Waals surface area (Å²) >= 11 is 0. The van der Waals surface area contributed by atoms with E-state index in [9.17, 15) is 13.2 Å². The quantitative estimate of drug-likeness (QED) is 0.445. The predicted octanol–water partition coefficient (Wildman–Crippen LogP) is -0.448. The van der Waals surface area contributed by atoms with Gasteiger partial charge in [0.2, 0.25) is 5.91 Å². The van der Waals surface area contributed by atoms with E-state index in [0.717, 1.165) is 6.08 Å². The number of nitrogens with two attached hydrogens (primary N) is 1. The van der Waals surface area contributed by atoms with Crippen molar-refractivity contribution in [2.24, 2.45) is 5.73 Å². The number of amides is 1. The molecule has 1 amide bonds. The average molecular weight is 181 g/mol. The molecule has 0 unspecified atom stereocenters. The Labute approximate surface area is 65.6 Å². The molecule has 6 heteroatoms. The fourth-order valence-electron chi connectivity index (χ4n) is 0. The summed E-state index contributed by atoms with van der Waals surface area (Å²) in [6.07, 6.45) is 1.06. The van der Waals surface area contributed by atoms with Crippen LogP contribution in [0.5, 0.6) is 0 Å². The van der Waals surface area contributed by atoms with Crippen LogP contribution in [0.2, 0.25) is 0 Å². The first-order valence-electron chi connectivity index (χ1n) is 2.70. The van der Waals surface area contributed by atoms with E-state index in [2.05, 4.69) is 12.3 Å². The van der Waals surface area contributed by atoms with Gasteiger partial charge in [0.25, 0.3) is 10.1 Å². The molecule has 0 aliphatic carbocycles. The molecule has 3 N–H and O–H groups in total. The molecule has 0 aromatic carbocycles. The molecular formula is C5H11NO4S. The lowest BCUT2D eigenvalue weighted by Gasteiger charge is -1.79. The molecule has 66 valence electrons. The third-order valence-electron chi connectivity index (χ3n) is 0.566. The molecular weight excluding hydrogens is 170 g/mol. The Morgan fingerprint density at radius 1 is 1.73 bits per heavy atom. The van der Waals surface area contributed by atoms with E-state index >= 15 is 0 Å². The Kier molecular flexibility index (Phi) is 6.81. The number of primary amides is 1. The second-order valence-electron chi connectivity index (χ2n) is 1.48. The van der Waals surface area contributed by atoms with Gasteiger partial charge >= 0.3 is 0 Å². The van der Waals surface area contributed by atoms with Crippen LogP contribution in [0.1, 0.15) is 6.92 Å². The van der Waals surface area contributed by atoms with Crippen molar-refractivity contribution in [2.75, 3.05) is 5.75 Å². The minimum atomic E-state index is -3.66. The lowest BCUT2D eigenvalue weighted by atomic mass is 10.6. The Morgan fingerprint density at radius 3 is 1.91 bits per heavy atom. The van der Waals surface area contributed by atoms with Gasteiger partial charge in [-0.1, -0.05) is 6.58 Å². The molecule has 0 aromatic heterocycles. The van der Waals surface area contributed by atoms with Crippen molar-refractivity contribution < 1.29 is 17.8 Å². The summed E-state index contributed by atoms with van der Waals surface area (Å²) < 4.78 is 26.9. The zero-order valence-electron chi connectivity index (χ0n) is 6.15. The van der Waals surface area contributed by atoms with E-state index in [4.69, 9.17) is 4.55 Å². The second kappa shape index (κ2) is 5.87. The number of carbonyl (C=O) groups excluding carboxylic acids is 1. The van der Waals surface area contributed by atoms with Gasteiger partial charge in [-0.2, -0.15) is 8.42 Å². The van der Waals surface area contributed by atoms with Gasteiger partial charge in [0.15, 0.2) is 0 Å². The van der Waals surface area contributed by atoms with Gasteiger partial charge in [-0.05, 0) is 13.0 Å². The van der Waals surface area contributed by atoms with Crippen molar-refractivity contribution in [3.05, 3.63) is 12.7 Å². The largest absolute Gasteiger partial charge is 0.366 e. The molecule has 5 nitrogen and oxygen atoms in total. The van der Waals surface area contributed by atoms with Gasteiger partial charge < -0.3 is 5.73 Å². The molecule has 0 rings (SSSR count). The smallest absolute Gasteiger partial charge is 0.264 e. The minimum absolute atomic E-state index is 0.201. The Bertz CT molecular complexity index is 219. The fraction of sp³-hybridized carbons (Fsp3) is 0.400. The summed E-state index contributed by atoms with van der Waals surface area (Å²) in [5.74, 6) is -0.683. The monoisotopic (exact) mass is 181 g/mol. The molecule has 0 saturated heterocycles. The summed E-state index contributed by atoms with van der Waals surface area (Å²) in [6.45, 7) is 4.46. The molecule has 0 saturated carbocycles. The Hall–Kier alpha value is -0.880. The van der Waals surface area contributed by atoms with Gasteiger partial charge in [0.05, 0.1) is 5.75 Å². The zero-order valence-corrected chi connectivity index (χ0v) is 6.97. The van der Waals surface area contributed by atoms with Crippen molar-refractivity contribution in [1.82, 2.24) is 0 Å². The highest BCUT2D eigenvalue weighted by molar-refractivity contribution is 7.85. The Morgan fingerprint density at radius 2 is 1.91 bits per heavy atom. The third-order valence-corrected chi connectivity index (χ3v) is 1.30. The first-order chi connectivity index (χ1) is 4.83. The lowest BCUT2D eigenvalue weighted by Crippen LogP contribution is -2.04. The summed E-state index contributed by atoms with van der Waals surface area (Å²) in [4.78, 5) is 9.47. The highest BCUT2D eigenvalue weighted by atomic mass is 32.2. The maximum absolute atomic E-state index is 9.56. The topological polar surface area (TPSA) is 97.5 Å². The average Bonchev–Trinajstić information content (AvgIpc) is 1.88. The standard InChI is InChI=1S/C3H5NO.C2H6O3S/c1-2-3(4)5;1-2-6(3,4)5/h2H,1H2,(H2,4,5);2H2,1H3,(H,3,4,5). The van der Waals surface area contributed by atoms with Crippen molar-refractivity contribution >= 4 is 16.0 Å². The van der Waals surface area contributed by atoms with Crippen LogP contribution in [0.25, 0.3) is 0 Å². The van der Waals surface area contributed by atoms with Crippen molar-refractivity contribution in [1.29, 1.82) is 0 Å². The first-order valence-corrected chi connectivity index (χ1v) is 4.31. The third kappa shape index (κ3) is 27.2. The summed E-state index contributed by atoms with van der Waals surface area (Å²) in [5.41, 5.74) is 4.53. The van der Waals surface area contributed by atoms with E-state index in [-0.39, 0.29) is 5.75 Å². The molecule has 11 heavy (non-hydrogen) atoms. The summed E-state index contributed by atoms with van der Waals surface area (Å²) in [5, 5.41) is 0. The minimum Gasteiger partial charge on any atom is -0.366 e. The van der Waals surface area contributed by atoms with Crippen LogP contribution in [-0.2, 0) is 14.9 Å². The number of hydrogen-bond acceptors (Lipinski definition) is 3. The van der Waals surface area contributed by atoms with E-state index < -0.39 is 16.0 Å². The highest BCUT2D eigenvalue weighted by Gasteiger charge is 1.93. The van der Waals surface area contributed by atoms with Gasteiger partial charge in [-0.3, -0.25) is 9.35 Å². The molecule has 0 fully saturated rings. The highest BCUT2D eigenvalue weighted by Crippen LogP contribution is 1.74. The number of carbonyl (C=O) groups is 1. The zero-order chi connectivity index (χ0) is 9.49. The van der Waals surface area contributed by atoms with Crippen LogP contribution in [0, 0.1) is 0 Å². The van der Waals surface area contributed by atoms with Crippen LogP contribution in [-0.4, -0.2) is 24.6 Å². The molecule has 0 radical (unpaired) electrons. The van der Waals surface area contributed by atoms with Crippen LogP contribution in [0.3, 0.4) is 0 Å². The molecule has 0 bridgehead atoms. The first kappa shape index (κ1) is 12.8. The lowest BCUT2D eigenvalue weighted by molar-refractivity contribution is -0.113. The maximum atomic E-state index is 9.56. The molecule has 0 spiro atoms. The second-order valence-corrected chi connectivity index (χ2v) is 3.22. The van der Waals surface area contributed by atoms with Crippen molar-refractivity contribution in [2.45, 2.75) is 6.92 Å². The van der Waals surface area contributed by atoms with Gasteiger partial charge in [0.1, 0.15) is 0 Å². The van der Waals surface area contributed by atoms with Crippen molar-refractivity contribution in [3.8, 4) is 0 Å².